The summed E-state index contributed by atoms with van der Waals surface area (Å²) in [7, 11) is 0. The van der Waals surface area contributed by atoms with Crippen LogP contribution in [0.3, 0.4) is 0 Å². The molecule has 1 fully saturated rings. The Hall–Kier alpha value is 0.759. The molecular formula is C20H42OSn. The predicted octanol–water partition coefficient (Wildman–Crippen LogP) is 6.92. The van der Waals surface area contributed by atoms with Gasteiger partial charge in [0.1, 0.15) is 0 Å². The van der Waals surface area contributed by atoms with Crippen LogP contribution >= 0.6 is 0 Å². The van der Waals surface area contributed by atoms with Gasteiger partial charge in [-0.1, -0.05) is 0 Å². The van der Waals surface area contributed by atoms with Crippen LogP contribution < -0.4 is 0 Å². The van der Waals surface area contributed by atoms with Crippen molar-refractivity contribution in [2.75, 3.05) is 0 Å². The molecule has 0 heterocycles. The van der Waals surface area contributed by atoms with Crippen LogP contribution in [0.2, 0.25) is 17.7 Å². The number of hydrogen-bond acceptors (Lipinski definition) is 1. The van der Waals surface area contributed by atoms with Crippen LogP contribution in [0.4, 0.5) is 0 Å². The molecule has 0 aromatic rings. The number of unbranched alkanes of at least 4 members (excludes halogenated alkanes) is 3. The second-order valence-electron chi connectivity index (χ2n) is 8.10. The van der Waals surface area contributed by atoms with Gasteiger partial charge in [0, 0.05) is 0 Å². The zero-order valence-corrected chi connectivity index (χ0v) is 18.6. The second-order valence-corrected chi connectivity index (χ2v) is 22.4. The number of rotatable bonds is 12. The van der Waals surface area contributed by atoms with Crippen molar-refractivity contribution < 1.29 is 5.11 Å². The molecule has 0 aliphatic heterocycles. The van der Waals surface area contributed by atoms with Gasteiger partial charge in [0.2, 0.25) is 0 Å². The summed E-state index contributed by atoms with van der Waals surface area (Å²) < 4.78 is 6.27. The van der Waals surface area contributed by atoms with E-state index < -0.39 is 18.4 Å². The Morgan fingerprint density at radius 3 is 1.59 bits per heavy atom. The fourth-order valence-corrected chi connectivity index (χ4v) is 20.9. The standard InChI is InChI=1S/C8H15O.3C4H9.Sn/c1-2-8(9)6-4-3-5-7-8;3*1-3-4-2;/h9H,1-7H2;3*1,3-4H2,2H3;. The van der Waals surface area contributed by atoms with Crippen LogP contribution in [-0.2, 0) is 0 Å². The van der Waals surface area contributed by atoms with E-state index in [4.69, 9.17) is 0 Å². The molecule has 0 radical (unpaired) electrons. The molecule has 132 valence electrons. The first-order chi connectivity index (χ1) is 10.6. The van der Waals surface area contributed by atoms with E-state index in [1.165, 1.54) is 62.2 Å². The molecule has 0 unspecified atom stereocenters. The van der Waals surface area contributed by atoms with Gasteiger partial charge in [-0.3, -0.25) is 0 Å². The fourth-order valence-electron chi connectivity index (χ4n) is 4.36. The Balaban J connectivity index is 2.66. The maximum absolute atomic E-state index is 10.9. The second kappa shape index (κ2) is 11.3. The molecule has 1 aliphatic carbocycles. The molecule has 0 amide bonds. The minimum atomic E-state index is -2.01. The van der Waals surface area contributed by atoms with Crippen molar-refractivity contribution in [2.24, 2.45) is 0 Å². The van der Waals surface area contributed by atoms with Crippen molar-refractivity contribution in [3.8, 4) is 0 Å². The summed E-state index contributed by atoms with van der Waals surface area (Å²) in [6.07, 6.45) is 15.7. The molecule has 1 saturated carbocycles. The van der Waals surface area contributed by atoms with Crippen molar-refractivity contribution in [3.05, 3.63) is 0 Å². The van der Waals surface area contributed by atoms with Crippen molar-refractivity contribution in [1.29, 1.82) is 0 Å². The molecule has 1 aliphatic rings. The molecule has 2 heteroatoms. The third-order valence-electron chi connectivity index (χ3n) is 6.09. The average Bonchev–Trinajstić information content (AvgIpc) is 2.54. The molecule has 0 atom stereocenters. The normalized spacial score (nSPS) is 18.5. The van der Waals surface area contributed by atoms with E-state index in [0.717, 1.165) is 19.3 Å². The van der Waals surface area contributed by atoms with Gasteiger partial charge in [0.05, 0.1) is 0 Å². The van der Waals surface area contributed by atoms with E-state index in [2.05, 4.69) is 20.8 Å². The van der Waals surface area contributed by atoms with Crippen LogP contribution in [-0.4, -0.2) is 29.1 Å². The van der Waals surface area contributed by atoms with E-state index in [9.17, 15) is 5.11 Å². The van der Waals surface area contributed by atoms with Gasteiger partial charge in [-0.2, -0.15) is 0 Å². The monoisotopic (exact) mass is 418 g/mol. The van der Waals surface area contributed by atoms with Crippen molar-refractivity contribution in [2.45, 2.75) is 121 Å². The van der Waals surface area contributed by atoms with E-state index >= 15 is 0 Å². The minimum absolute atomic E-state index is 0.273. The molecule has 1 N–H and O–H groups in total. The zero-order chi connectivity index (χ0) is 16.3. The van der Waals surface area contributed by atoms with Gasteiger partial charge in [0.15, 0.2) is 0 Å². The third kappa shape index (κ3) is 7.55. The molecule has 1 rings (SSSR count). The van der Waals surface area contributed by atoms with E-state index in [-0.39, 0.29) is 5.60 Å². The van der Waals surface area contributed by atoms with Gasteiger partial charge in [-0.25, -0.2) is 0 Å². The summed E-state index contributed by atoms with van der Waals surface area (Å²) in [5, 5.41) is 10.9. The van der Waals surface area contributed by atoms with Crippen LogP contribution in [0.15, 0.2) is 0 Å². The van der Waals surface area contributed by atoms with Crippen LogP contribution in [0.1, 0.15) is 97.8 Å². The first-order valence-corrected chi connectivity index (χ1v) is 18.4. The Bertz CT molecular complexity index is 249. The topological polar surface area (TPSA) is 20.2 Å². The molecule has 0 saturated heterocycles. The fraction of sp³-hybridized carbons (Fsp3) is 1.00. The summed E-state index contributed by atoms with van der Waals surface area (Å²) >= 11 is -2.01. The summed E-state index contributed by atoms with van der Waals surface area (Å²) in [6, 6.07) is 0. The molecular weight excluding hydrogens is 375 g/mol. The Labute approximate surface area is 144 Å². The van der Waals surface area contributed by atoms with Crippen LogP contribution in [0, 0.1) is 0 Å². The zero-order valence-electron chi connectivity index (χ0n) is 15.8. The molecule has 0 spiro atoms. The number of aliphatic hydroxyl groups is 1. The van der Waals surface area contributed by atoms with Gasteiger partial charge in [-0.05, 0) is 0 Å². The Morgan fingerprint density at radius 1 is 0.727 bits per heavy atom. The maximum atomic E-state index is 10.9. The third-order valence-corrected chi connectivity index (χ3v) is 21.9. The summed E-state index contributed by atoms with van der Waals surface area (Å²) in [5.41, 5.74) is -0.273. The van der Waals surface area contributed by atoms with Gasteiger partial charge >= 0.3 is 145 Å². The van der Waals surface area contributed by atoms with Crippen molar-refractivity contribution in [3.63, 3.8) is 0 Å². The first-order valence-electron chi connectivity index (χ1n) is 10.3. The molecule has 1 nitrogen and oxygen atoms in total. The Morgan fingerprint density at radius 2 is 1.18 bits per heavy atom. The SMILES string of the molecule is CCC[CH2][Sn]([CH2]CCC)([CH2]CCC)[CH2]CC1(O)CCCCC1. The van der Waals surface area contributed by atoms with Crippen molar-refractivity contribution in [1.82, 2.24) is 0 Å². The van der Waals surface area contributed by atoms with Crippen LogP contribution in [0.5, 0.6) is 0 Å². The molecule has 0 bridgehead atoms. The Kier molecular flexibility index (Phi) is 10.7. The van der Waals surface area contributed by atoms with E-state index in [1.54, 1.807) is 13.3 Å². The van der Waals surface area contributed by atoms with Gasteiger partial charge in [0.25, 0.3) is 0 Å². The van der Waals surface area contributed by atoms with Gasteiger partial charge in [-0.15, -0.1) is 0 Å². The quantitative estimate of drug-likeness (QED) is 0.342. The van der Waals surface area contributed by atoms with Crippen molar-refractivity contribution >= 4 is 18.4 Å². The first kappa shape index (κ1) is 20.8. The molecule has 0 aromatic carbocycles. The predicted molar refractivity (Wildman–Crippen MR) is 102 cm³/mol. The average molecular weight is 417 g/mol. The van der Waals surface area contributed by atoms with E-state index in [0.29, 0.717) is 0 Å². The summed E-state index contributed by atoms with van der Waals surface area (Å²) in [4.78, 5) is 0. The van der Waals surface area contributed by atoms with Gasteiger partial charge < -0.3 is 0 Å². The molecule has 22 heavy (non-hydrogen) atoms. The summed E-state index contributed by atoms with van der Waals surface area (Å²) in [5.74, 6) is 0. The summed E-state index contributed by atoms with van der Waals surface area (Å²) in [6.45, 7) is 7.06. The van der Waals surface area contributed by atoms with Crippen LogP contribution in [0.25, 0.3) is 0 Å². The van der Waals surface area contributed by atoms with E-state index in [1.807, 2.05) is 0 Å². The molecule has 0 aromatic heterocycles. The number of hydrogen-bond donors (Lipinski definition) is 1.